The molecule has 0 heterocycles. The average molecular weight is 215 g/mol. The zero-order valence-corrected chi connectivity index (χ0v) is 8.10. The van der Waals surface area contributed by atoms with Crippen molar-refractivity contribution in [2.75, 3.05) is 0 Å². The highest BCUT2D eigenvalue weighted by atomic mass is 79.9. The summed E-state index contributed by atoms with van der Waals surface area (Å²) in [6, 6.07) is 0. The van der Waals surface area contributed by atoms with Crippen molar-refractivity contribution in [2.45, 2.75) is 24.1 Å². The van der Waals surface area contributed by atoms with Crippen LogP contribution in [0.25, 0.3) is 0 Å². The second kappa shape index (κ2) is 2.19. The number of rotatable bonds is 1. The molecule has 2 aliphatic rings. The highest BCUT2D eigenvalue weighted by Gasteiger charge is 2.49. The number of carbonyl (C=O) groups is 1. The number of halogens is 1. The lowest BCUT2D eigenvalue weighted by atomic mass is 9.90. The van der Waals surface area contributed by atoms with Crippen LogP contribution in [0.5, 0.6) is 0 Å². The fourth-order valence-electron chi connectivity index (χ4n) is 2.20. The number of allylic oxidation sites excluding steroid dienone is 2. The average Bonchev–Trinajstić information content (AvgIpc) is 2.45. The summed E-state index contributed by atoms with van der Waals surface area (Å²) < 4.78 is -0.202. The van der Waals surface area contributed by atoms with Gasteiger partial charge >= 0.3 is 0 Å². The van der Waals surface area contributed by atoms with E-state index >= 15 is 0 Å². The molecule has 1 nitrogen and oxygen atoms in total. The van der Waals surface area contributed by atoms with Gasteiger partial charge in [-0.05, 0) is 31.6 Å². The molecule has 0 aliphatic heterocycles. The van der Waals surface area contributed by atoms with Crippen molar-refractivity contribution in [3.8, 4) is 0 Å². The third-order valence-corrected chi connectivity index (χ3v) is 4.37. The maximum absolute atomic E-state index is 11.3. The van der Waals surface area contributed by atoms with Crippen LogP contribution >= 0.6 is 15.9 Å². The molecule has 11 heavy (non-hydrogen) atoms. The maximum Gasteiger partial charge on any atom is 0.147 e. The van der Waals surface area contributed by atoms with Crippen molar-refractivity contribution in [2.24, 2.45) is 11.8 Å². The van der Waals surface area contributed by atoms with E-state index in [-0.39, 0.29) is 10.1 Å². The number of hydrogen-bond acceptors (Lipinski definition) is 1. The van der Waals surface area contributed by atoms with Gasteiger partial charge in [0.05, 0.1) is 4.32 Å². The van der Waals surface area contributed by atoms with Gasteiger partial charge in [-0.3, -0.25) is 4.79 Å². The predicted molar refractivity (Wildman–Crippen MR) is 47.7 cm³/mol. The largest absolute Gasteiger partial charge is 0.298 e. The summed E-state index contributed by atoms with van der Waals surface area (Å²) in [6.07, 6.45) is 6.60. The summed E-state index contributed by atoms with van der Waals surface area (Å²) in [7, 11) is 0. The summed E-state index contributed by atoms with van der Waals surface area (Å²) in [6.45, 7) is 1.68. The van der Waals surface area contributed by atoms with Gasteiger partial charge in [-0.2, -0.15) is 0 Å². The highest BCUT2D eigenvalue weighted by Crippen LogP contribution is 2.51. The Morgan fingerprint density at radius 3 is 2.64 bits per heavy atom. The van der Waals surface area contributed by atoms with Crippen LogP contribution in [0.3, 0.4) is 0 Å². The first-order valence-corrected chi connectivity index (χ1v) is 4.80. The number of fused-ring (bicyclic) bond motifs is 2. The summed E-state index contributed by atoms with van der Waals surface area (Å²) in [5.74, 6) is 1.41. The summed E-state index contributed by atoms with van der Waals surface area (Å²) in [5.41, 5.74) is 0. The topological polar surface area (TPSA) is 17.1 Å². The standard InChI is InChI=1S/C9H11BrO/c1-6(11)9(10)5-7-2-3-8(9)4-7/h2-3,7-8H,4-5H2,1H3/t7-,8+,9+/m0/s1. The molecular formula is C9H11BrO. The van der Waals surface area contributed by atoms with Crippen molar-refractivity contribution in [3.05, 3.63) is 12.2 Å². The van der Waals surface area contributed by atoms with Crippen LogP contribution in [-0.4, -0.2) is 10.1 Å². The molecule has 0 amide bonds. The third-order valence-electron chi connectivity index (χ3n) is 2.90. The van der Waals surface area contributed by atoms with Crippen molar-refractivity contribution < 1.29 is 4.79 Å². The molecule has 2 bridgehead atoms. The molecule has 0 saturated heterocycles. The van der Waals surface area contributed by atoms with E-state index in [1.165, 1.54) is 6.42 Å². The van der Waals surface area contributed by atoms with Crippen LogP contribution in [0, 0.1) is 11.8 Å². The number of Topliss-reactive ketones (excluding diaryl/α,β-unsaturated/α-hetero) is 1. The Morgan fingerprint density at radius 2 is 2.36 bits per heavy atom. The third kappa shape index (κ3) is 0.919. The number of ketones is 1. The Hall–Kier alpha value is -0.110. The molecule has 0 unspecified atom stereocenters. The maximum atomic E-state index is 11.3. The molecule has 2 rings (SSSR count). The molecule has 1 fully saturated rings. The fraction of sp³-hybridized carbons (Fsp3) is 0.667. The Balaban J connectivity index is 2.30. The van der Waals surface area contributed by atoms with Gasteiger partial charge in [-0.25, -0.2) is 0 Å². The van der Waals surface area contributed by atoms with Gasteiger partial charge in [-0.1, -0.05) is 28.1 Å². The van der Waals surface area contributed by atoms with Crippen LogP contribution in [0.4, 0.5) is 0 Å². The molecule has 2 heteroatoms. The lowest BCUT2D eigenvalue weighted by Gasteiger charge is -2.25. The van der Waals surface area contributed by atoms with E-state index in [0.29, 0.717) is 11.8 Å². The van der Waals surface area contributed by atoms with E-state index in [9.17, 15) is 4.79 Å². The second-order valence-corrected chi connectivity index (χ2v) is 5.03. The fourth-order valence-corrected chi connectivity index (χ4v) is 2.96. The molecule has 0 radical (unpaired) electrons. The van der Waals surface area contributed by atoms with Gasteiger partial charge in [0.1, 0.15) is 5.78 Å². The molecule has 1 saturated carbocycles. The molecule has 0 N–H and O–H groups in total. The summed E-state index contributed by atoms with van der Waals surface area (Å²) in [4.78, 5) is 11.3. The second-order valence-electron chi connectivity index (χ2n) is 3.61. The first-order chi connectivity index (χ1) is 5.13. The van der Waals surface area contributed by atoms with E-state index in [1.807, 2.05) is 0 Å². The number of carbonyl (C=O) groups excluding carboxylic acids is 1. The Bertz CT molecular complexity index is 234. The number of hydrogen-bond donors (Lipinski definition) is 0. The normalized spacial score (nSPS) is 46.7. The van der Waals surface area contributed by atoms with E-state index in [0.717, 1.165) is 6.42 Å². The van der Waals surface area contributed by atoms with Crippen molar-refractivity contribution in [1.29, 1.82) is 0 Å². The summed E-state index contributed by atoms with van der Waals surface area (Å²) in [5, 5.41) is 0. The van der Waals surface area contributed by atoms with Crippen LogP contribution in [0.1, 0.15) is 19.8 Å². The van der Waals surface area contributed by atoms with Gasteiger partial charge in [0.25, 0.3) is 0 Å². The van der Waals surface area contributed by atoms with Gasteiger partial charge in [0, 0.05) is 0 Å². The molecule has 2 aliphatic carbocycles. The Labute approximate surface area is 75.0 Å². The highest BCUT2D eigenvalue weighted by molar-refractivity contribution is 9.10. The van der Waals surface area contributed by atoms with Gasteiger partial charge < -0.3 is 0 Å². The quantitative estimate of drug-likeness (QED) is 0.484. The van der Waals surface area contributed by atoms with E-state index in [1.54, 1.807) is 6.92 Å². The minimum atomic E-state index is -0.202. The van der Waals surface area contributed by atoms with Crippen LogP contribution < -0.4 is 0 Å². The SMILES string of the molecule is CC(=O)[C@]1(Br)C[C@H]2C=C[C@@H]1C2. The molecule has 0 aromatic heterocycles. The van der Waals surface area contributed by atoms with Gasteiger partial charge in [-0.15, -0.1) is 0 Å². The van der Waals surface area contributed by atoms with Crippen LogP contribution in [0.2, 0.25) is 0 Å². The summed E-state index contributed by atoms with van der Waals surface area (Å²) >= 11 is 3.57. The van der Waals surface area contributed by atoms with E-state index in [4.69, 9.17) is 0 Å². The van der Waals surface area contributed by atoms with Crippen molar-refractivity contribution >= 4 is 21.7 Å². The first-order valence-electron chi connectivity index (χ1n) is 4.01. The molecular weight excluding hydrogens is 204 g/mol. The zero-order valence-electron chi connectivity index (χ0n) is 6.51. The van der Waals surface area contributed by atoms with Crippen LogP contribution in [0.15, 0.2) is 12.2 Å². The van der Waals surface area contributed by atoms with Gasteiger partial charge in [0.15, 0.2) is 0 Å². The lowest BCUT2D eigenvalue weighted by molar-refractivity contribution is -0.119. The Morgan fingerprint density at radius 1 is 1.64 bits per heavy atom. The smallest absolute Gasteiger partial charge is 0.147 e. The monoisotopic (exact) mass is 214 g/mol. The predicted octanol–water partition coefficient (Wildman–Crippen LogP) is 2.31. The van der Waals surface area contributed by atoms with Crippen LogP contribution in [-0.2, 0) is 4.79 Å². The molecule has 0 spiro atoms. The zero-order chi connectivity index (χ0) is 8.06. The molecule has 0 aromatic rings. The van der Waals surface area contributed by atoms with Crippen molar-refractivity contribution in [3.63, 3.8) is 0 Å². The molecule has 60 valence electrons. The molecule has 0 aromatic carbocycles. The Kier molecular flexibility index (Phi) is 1.50. The van der Waals surface area contributed by atoms with E-state index < -0.39 is 0 Å². The van der Waals surface area contributed by atoms with Gasteiger partial charge in [0.2, 0.25) is 0 Å². The van der Waals surface area contributed by atoms with E-state index in [2.05, 4.69) is 28.1 Å². The lowest BCUT2D eigenvalue weighted by Crippen LogP contribution is -2.34. The minimum Gasteiger partial charge on any atom is -0.298 e. The number of alkyl halides is 1. The van der Waals surface area contributed by atoms with Crippen molar-refractivity contribution in [1.82, 2.24) is 0 Å². The minimum absolute atomic E-state index is 0.202. The molecule has 3 atom stereocenters. The first kappa shape index (κ1) is 7.53.